The van der Waals surface area contributed by atoms with Gasteiger partial charge in [0.1, 0.15) is 0 Å². The minimum absolute atomic E-state index is 0.0586. The van der Waals surface area contributed by atoms with Crippen LogP contribution < -0.4 is 5.32 Å². The summed E-state index contributed by atoms with van der Waals surface area (Å²) < 4.78 is 4.91. The van der Waals surface area contributed by atoms with Gasteiger partial charge >= 0.3 is 0 Å². The van der Waals surface area contributed by atoms with Crippen LogP contribution in [0.5, 0.6) is 0 Å². The molecular weight excluding hydrogens is 226 g/mol. The van der Waals surface area contributed by atoms with E-state index < -0.39 is 0 Å². The van der Waals surface area contributed by atoms with Crippen molar-refractivity contribution >= 4 is 5.91 Å². The number of hydrogen-bond donors (Lipinski definition) is 1. The molecular formula is C15H23NO2. The van der Waals surface area contributed by atoms with Crippen molar-refractivity contribution in [2.45, 2.75) is 34.1 Å². The van der Waals surface area contributed by atoms with Crippen LogP contribution in [0.1, 0.15) is 27.8 Å². The van der Waals surface area contributed by atoms with Gasteiger partial charge in [-0.25, -0.2) is 0 Å². The number of hydrogen-bond acceptors (Lipinski definition) is 2. The molecule has 0 atom stereocenters. The van der Waals surface area contributed by atoms with Crippen LogP contribution in [0, 0.1) is 27.7 Å². The predicted octanol–water partition coefficient (Wildman–Crippen LogP) is 2.23. The molecule has 1 N–H and O–H groups in total. The largest absolute Gasteiger partial charge is 0.383 e. The molecule has 1 aromatic rings. The van der Waals surface area contributed by atoms with Crippen LogP contribution in [-0.2, 0) is 16.0 Å². The second kappa shape index (κ2) is 6.55. The van der Waals surface area contributed by atoms with E-state index in [-0.39, 0.29) is 5.91 Å². The van der Waals surface area contributed by atoms with Crippen molar-refractivity contribution in [2.24, 2.45) is 0 Å². The van der Waals surface area contributed by atoms with E-state index in [2.05, 4.69) is 39.1 Å². The lowest BCUT2D eigenvalue weighted by molar-refractivity contribution is -0.120. The van der Waals surface area contributed by atoms with Crippen molar-refractivity contribution in [3.05, 3.63) is 33.9 Å². The molecule has 0 fully saturated rings. The Morgan fingerprint density at radius 3 is 2.22 bits per heavy atom. The quantitative estimate of drug-likeness (QED) is 0.813. The first kappa shape index (κ1) is 14.7. The molecule has 0 bridgehead atoms. The Labute approximate surface area is 110 Å². The van der Waals surface area contributed by atoms with E-state index >= 15 is 0 Å². The van der Waals surface area contributed by atoms with Gasteiger partial charge in [-0.1, -0.05) is 6.07 Å². The highest BCUT2D eigenvalue weighted by molar-refractivity contribution is 5.79. The Kier molecular flexibility index (Phi) is 5.35. The maximum absolute atomic E-state index is 11.8. The van der Waals surface area contributed by atoms with Crippen molar-refractivity contribution in [3.8, 4) is 0 Å². The predicted molar refractivity (Wildman–Crippen MR) is 74.0 cm³/mol. The lowest BCUT2D eigenvalue weighted by Gasteiger charge is -2.15. The van der Waals surface area contributed by atoms with Crippen LogP contribution >= 0.6 is 0 Å². The average Bonchev–Trinajstić information content (AvgIpc) is 2.32. The molecule has 0 saturated heterocycles. The van der Waals surface area contributed by atoms with Crippen molar-refractivity contribution in [2.75, 3.05) is 20.3 Å². The lowest BCUT2D eigenvalue weighted by atomic mass is 9.92. The Morgan fingerprint density at radius 2 is 1.72 bits per heavy atom. The number of ether oxygens (including phenoxy) is 1. The smallest absolute Gasteiger partial charge is 0.224 e. The minimum Gasteiger partial charge on any atom is -0.383 e. The third kappa shape index (κ3) is 3.57. The zero-order valence-corrected chi connectivity index (χ0v) is 12.0. The number of amides is 1. The monoisotopic (exact) mass is 249 g/mol. The molecule has 1 amide bonds. The van der Waals surface area contributed by atoms with Crippen LogP contribution in [0.2, 0.25) is 0 Å². The fourth-order valence-electron chi connectivity index (χ4n) is 2.08. The fraction of sp³-hybridized carbons (Fsp3) is 0.533. The van der Waals surface area contributed by atoms with Crippen LogP contribution in [0.4, 0.5) is 0 Å². The maximum Gasteiger partial charge on any atom is 0.224 e. The summed E-state index contributed by atoms with van der Waals surface area (Å²) in [6.45, 7) is 9.47. The van der Waals surface area contributed by atoms with Gasteiger partial charge in [0.25, 0.3) is 0 Å². The number of nitrogens with one attached hydrogen (secondary N) is 1. The van der Waals surface area contributed by atoms with Gasteiger partial charge in [-0.3, -0.25) is 4.79 Å². The standard InChI is InChI=1S/C15H23NO2/c1-10-8-11(2)13(4)14(12(10)3)9-15(17)16-6-7-18-5/h8H,6-7,9H2,1-5H3,(H,16,17). The summed E-state index contributed by atoms with van der Waals surface area (Å²) in [6.07, 6.45) is 0.448. The molecule has 0 saturated carbocycles. The molecule has 0 aliphatic carbocycles. The molecule has 100 valence electrons. The Hall–Kier alpha value is -1.35. The Bertz CT molecular complexity index is 412. The topological polar surface area (TPSA) is 38.3 Å². The highest BCUT2D eigenvalue weighted by Gasteiger charge is 2.11. The van der Waals surface area contributed by atoms with Gasteiger partial charge in [0.15, 0.2) is 0 Å². The third-order valence-electron chi connectivity index (χ3n) is 3.49. The Morgan fingerprint density at radius 1 is 1.17 bits per heavy atom. The summed E-state index contributed by atoms with van der Waals surface area (Å²) in [7, 11) is 1.63. The van der Waals surface area contributed by atoms with Gasteiger partial charge in [-0.05, 0) is 55.5 Å². The summed E-state index contributed by atoms with van der Waals surface area (Å²) in [6, 6.07) is 2.18. The van der Waals surface area contributed by atoms with E-state index in [0.717, 1.165) is 5.56 Å². The molecule has 0 spiro atoms. The number of methoxy groups -OCH3 is 1. The number of aryl methyl sites for hydroxylation is 2. The van der Waals surface area contributed by atoms with Crippen molar-refractivity contribution < 1.29 is 9.53 Å². The van der Waals surface area contributed by atoms with E-state index in [4.69, 9.17) is 4.74 Å². The van der Waals surface area contributed by atoms with Gasteiger partial charge in [-0.2, -0.15) is 0 Å². The molecule has 0 aromatic heterocycles. The molecule has 0 heterocycles. The lowest BCUT2D eigenvalue weighted by Crippen LogP contribution is -2.29. The first-order valence-corrected chi connectivity index (χ1v) is 6.29. The highest BCUT2D eigenvalue weighted by atomic mass is 16.5. The van der Waals surface area contributed by atoms with Crippen molar-refractivity contribution in [1.29, 1.82) is 0 Å². The number of carbonyl (C=O) groups is 1. The van der Waals surface area contributed by atoms with Gasteiger partial charge in [0, 0.05) is 13.7 Å². The van der Waals surface area contributed by atoms with Gasteiger partial charge in [0.05, 0.1) is 13.0 Å². The van der Waals surface area contributed by atoms with E-state index in [1.54, 1.807) is 7.11 Å². The molecule has 1 aromatic carbocycles. The van der Waals surface area contributed by atoms with Crippen molar-refractivity contribution in [1.82, 2.24) is 5.32 Å². The summed E-state index contributed by atoms with van der Waals surface area (Å²) in [5.74, 6) is 0.0586. The van der Waals surface area contributed by atoms with E-state index in [0.29, 0.717) is 19.6 Å². The van der Waals surface area contributed by atoms with E-state index in [1.807, 2.05) is 0 Å². The summed E-state index contributed by atoms with van der Waals surface area (Å²) in [5, 5.41) is 2.86. The molecule has 0 radical (unpaired) electrons. The second-order valence-corrected chi connectivity index (χ2v) is 4.76. The van der Waals surface area contributed by atoms with Crippen LogP contribution in [0.25, 0.3) is 0 Å². The van der Waals surface area contributed by atoms with Crippen LogP contribution in [0.15, 0.2) is 6.07 Å². The summed E-state index contributed by atoms with van der Waals surface area (Å²) >= 11 is 0. The first-order valence-electron chi connectivity index (χ1n) is 6.29. The molecule has 1 rings (SSSR count). The fourth-order valence-corrected chi connectivity index (χ4v) is 2.08. The molecule has 3 heteroatoms. The zero-order valence-electron chi connectivity index (χ0n) is 12.0. The highest BCUT2D eigenvalue weighted by Crippen LogP contribution is 2.21. The maximum atomic E-state index is 11.8. The SMILES string of the molecule is COCCNC(=O)Cc1c(C)c(C)cc(C)c1C. The normalized spacial score (nSPS) is 10.5. The Balaban J connectivity index is 2.81. The van der Waals surface area contributed by atoms with Gasteiger partial charge in [0.2, 0.25) is 5.91 Å². The number of rotatable bonds is 5. The zero-order chi connectivity index (χ0) is 13.7. The molecule has 3 nitrogen and oxygen atoms in total. The minimum atomic E-state index is 0.0586. The van der Waals surface area contributed by atoms with E-state index in [9.17, 15) is 4.79 Å². The summed E-state index contributed by atoms with van der Waals surface area (Å²) in [5.41, 5.74) is 6.10. The molecule has 0 aliphatic heterocycles. The van der Waals surface area contributed by atoms with Crippen LogP contribution in [-0.4, -0.2) is 26.2 Å². The summed E-state index contributed by atoms with van der Waals surface area (Å²) in [4.78, 5) is 11.8. The first-order chi connectivity index (χ1) is 8.47. The number of benzene rings is 1. The van der Waals surface area contributed by atoms with Crippen LogP contribution in [0.3, 0.4) is 0 Å². The van der Waals surface area contributed by atoms with Crippen molar-refractivity contribution in [3.63, 3.8) is 0 Å². The molecule has 0 unspecified atom stereocenters. The number of carbonyl (C=O) groups excluding carboxylic acids is 1. The molecule has 0 aliphatic rings. The second-order valence-electron chi connectivity index (χ2n) is 4.76. The average molecular weight is 249 g/mol. The van der Waals surface area contributed by atoms with Gasteiger partial charge in [-0.15, -0.1) is 0 Å². The third-order valence-corrected chi connectivity index (χ3v) is 3.49. The van der Waals surface area contributed by atoms with E-state index in [1.165, 1.54) is 22.3 Å². The van der Waals surface area contributed by atoms with Gasteiger partial charge < -0.3 is 10.1 Å². The molecule has 18 heavy (non-hydrogen) atoms.